The zero-order valence-electron chi connectivity index (χ0n) is 10.6. The average molecular weight is 245 g/mol. The summed E-state index contributed by atoms with van der Waals surface area (Å²) in [5.41, 5.74) is 7.72. The molecule has 0 spiro atoms. The zero-order chi connectivity index (χ0) is 13.3. The fraction of sp³-hybridized carbons (Fsp3) is 0.250. The summed E-state index contributed by atoms with van der Waals surface area (Å²) in [6, 6.07) is 1.65. The van der Waals surface area contributed by atoms with Crippen molar-refractivity contribution in [3.8, 4) is 11.5 Å². The highest BCUT2D eigenvalue weighted by Gasteiger charge is 2.14. The van der Waals surface area contributed by atoms with Crippen LogP contribution in [-0.4, -0.2) is 20.6 Å². The third-order valence-electron chi connectivity index (χ3n) is 2.73. The number of amidine groups is 1. The van der Waals surface area contributed by atoms with Gasteiger partial charge in [0.05, 0.1) is 17.5 Å². The van der Waals surface area contributed by atoms with Gasteiger partial charge in [0.2, 0.25) is 0 Å². The molecule has 0 aliphatic rings. The molecule has 0 amide bonds. The Hall–Kier alpha value is -2.37. The smallest absolute Gasteiger partial charge is 0.171 e. The quantitative estimate of drug-likeness (QED) is 0.633. The molecule has 0 bridgehead atoms. The van der Waals surface area contributed by atoms with Gasteiger partial charge in [-0.05, 0) is 19.9 Å². The van der Waals surface area contributed by atoms with Crippen molar-refractivity contribution < 1.29 is 4.74 Å². The van der Waals surface area contributed by atoms with Crippen molar-refractivity contribution in [3.63, 3.8) is 0 Å². The molecule has 0 saturated carbocycles. The van der Waals surface area contributed by atoms with E-state index in [1.54, 1.807) is 23.1 Å². The van der Waals surface area contributed by atoms with E-state index < -0.39 is 0 Å². The molecule has 0 aliphatic heterocycles. The second-order valence-corrected chi connectivity index (χ2v) is 4.01. The molecule has 0 aliphatic carbocycles. The van der Waals surface area contributed by atoms with Gasteiger partial charge in [0, 0.05) is 13.2 Å². The van der Waals surface area contributed by atoms with Gasteiger partial charge in [-0.15, -0.1) is 0 Å². The summed E-state index contributed by atoms with van der Waals surface area (Å²) in [6.45, 7) is 3.78. The summed E-state index contributed by atoms with van der Waals surface area (Å²) in [6.07, 6.45) is 3.12. The SMILES string of the molecule is Cc1nn(C)c(C)c1Oc1cnccc1C(=N)N. The minimum atomic E-state index is -0.0494. The van der Waals surface area contributed by atoms with Crippen LogP contribution in [0.4, 0.5) is 0 Å². The molecule has 0 atom stereocenters. The molecule has 2 aromatic rings. The maximum absolute atomic E-state index is 7.50. The third-order valence-corrected chi connectivity index (χ3v) is 2.73. The lowest BCUT2D eigenvalue weighted by molar-refractivity contribution is 0.470. The lowest BCUT2D eigenvalue weighted by atomic mass is 10.2. The number of aryl methyl sites for hydroxylation is 2. The van der Waals surface area contributed by atoms with Crippen molar-refractivity contribution in [2.75, 3.05) is 0 Å². The highest BCUT2D eigenvalue weighted by atomic mass is 16.5. The van der Waals surface area contributed by atoms with Crippen LogP contribution in [-0.2, 0) is 7.05 Å². The first-order valence-electron chi connectivity index (χ1n) is 5.47. The summed E-state index contributed by atoms with van der Waals surface area (Å²) in [7, 11) is 1.85. The molecule has 2 aromatic heterocycles. The van der Waals surface area contributed by atoms with Gasteiger partial charge in [0.25, 0.3) is 0 Å². The molecule has 0 saturated heterocycles. The summed E-state index contributed by atoms with van der Waals surface area (Å²) in [5.74, 6) is 1.09. The van der Waals surface area contributed by atoms with E-state index in [0.29, 0.717) is 17.1 Å². The normalized spacial score (nSPS) is 10.4. The van der Waals surface area contributed by atoms with Gasteiger partial charge in [-0.1, -0.05) is 0 Å². The van der Waals surface area contributed by atoms with Crippen LogP contribution < -0.4 is 10.5 Å². The van der Waals surface area contributed by atoms with E-state index in [2.05, 4.69) is 10.1 Å². The van der Waals surface area contributed by atoms with E-state index in [1.807, 2.05) is 20.9 Å². The van der Waals surface area contributed by atoms with Gasteiger partial charge >= 0.3 is 0 Å². The minimum absolute atomic E-state index is 0.0494. The number of rotatable bonds is 3. The Morgan fingerprint density at radius 2 is 2.17 bits per heavy atom. The van der Waals surface area contributed by atoms with Crippen molar-refractivity contribution in [2.24, 2.45) is 12.8 Å². The Kier molecular flexibility index (Phi) is 3.01. The Morgan fingerprint density at radius 3 is 2.72 bits per heavy atom. The third kappa shape index (κ3) is 2.04. The summed E-state index contributed by atoms with van der Waals surface area (Å²) in [5, 5.41) is 11.8. The topological polar surface area (TPSA) is 89.8 Å². The number of nitrogen functional groups attached to an aromatic ring is 1. The molecule has 2 heterocycles. The highest BCUT2D eigenvalue weighted by molar-refractivity contribution is 5.97. The second kappa shape index (κ2) is 4.48. The Balaban J connectivity index is 2.43. The molecule has 0 unspecified atom stereocenters. The summed E-state index contributed by atoms with van der Waals surface area (Å²) < 4.78 is 7.53. The predicted octanol–water partition coefficient (Wildman–Crippen LogP) is 1.51. The maximum atomic E-state index is 7.50. The zero-order valence-corrected chi connectivity index (χ0v) is 10.6. The first-order chi connectivity index (χ1) is 8.50. The number of ether oxygens (including phenoxy) is 1. The van der Waals surface area contributed by atoms with Gasteiger partial charge in [0.15, 0.2) is 11.5 Å². The van der Waals surface area contributed by atoms with Crippen LogP contribution in [0.1, 0.15) is 17.0 Å². The molecule has 0 aromatic carbocycles. The van der Waals surface area contributed by atoms with Crippen LogP contribution >= 0.6 is 0 Å². The molecule has 3 N–H and O–H groups in total. The van der Waals surface area contributed by atoms with E-state index in [0.717, 1.165) is 11.4 Å². The minimum Gasteiger partial charge on any atom is -0.451 e. The number of nitrogens with zero attached hydrogens (tertiary/aromatic N) is 3. The molecule has 0 fully saturated rings. The number of hydrogen-bond donors (Lipinski definition) is 2. The van der Waals surface area contributed by atoms with Crippen LogP contribution in [0.15, 0.2) is 18.5 Å². The van der Waals surface area contributed by atoms with Gasteiger partial charge < -0.3 is 10.5 Å². The standard InChI is InChI=1S/C12H15N5O/c1-7-11(8(2)17(3)16-7)18-10-6-15-5-4-9(10)12(13)14/h4-6H,1-3H3,(H3,13,14). The lowest BCUT2D eigenvalue weighted by Crippen LogP contribution is -2.12. The van der Waals surface area contributed by atoms with Gasteiger partial charge in [-0.2, -0.15) is 5.10 Å². The Morgan fingerprint density at radius 1 is 1.44 bits per heavy atom. The molecule has 6 heteroatoms. The maximum Gasteiger partial charge on any atom is 0.171 e. The summed E-state index contributed by atoms with van der Waals surface area (Å²) in [4.78, 5) is 3.99. The number of nitrogens with one attached hydrogen (secondary N) is 1. The van der Waals surface area contributed by atoms with Crippen molar-refractivity contribution in [3.05, 3.63) is 35.4 Å². The highest BCUT2D eigenvalue weighted by Crippen LogP contribution is 2.29. The largest absolute Gasteiger partial charge is 0.451 e. The van der Waals surface area contributed by atoms with Crippen LogP contribution in [0.2, 0.25) is 0 Å². The van der Waals surface area contributed by atoms with Crippen LogP contribution in [0.3, 0.4) is 0 Å². The first-order valence-corrected chi connectivity index (χ1v) is 5.47. The van der Waals surface area contributed by atoms with Gasteiger partial charge in [-0.3, -0.25) is 15.1 Å². The molecular weight excluding hydrogens is 230 g/mol. The van der Waals surface area contributed by atoms with Gasteiger partial charge in [0.1, 0.15) is 11.5 Å². The van der Waals surface area contributed by atoms with Crippen molar-refractivity contribution in [1.29, 1.82) is 5.41 Å². The van der Waals surface area contributed by atoms with Crippen molar-refractivity contribution >= 4 is 5.84 Å². The van der Waals surface area contributed by atoms with Crippen LogP contribution in [0.5, 0.6) is 11.5 Å². The first kappa shape index (κ1) is 12.1. The average Bonchev–Trinajstić information content (AvgIpc) is 2.56. The number of aromatic nitrogens is 3. The monoisotopic (exact) mass is 245 g/mol. The molecule has 94 valence electrons. The van der Waals surface area contributed by atoms with E-state index in [-0.39, 0.29) is 5.84 Å². The molecular formula is C12H15N5O. The molecule has 6 nitrogen and oxygen atoms in total. The summed E-state index contributed by atoms with van der Waals surface area (Å²) >= 11 is 0. The van der Waals surface area contributed by atoms with E-state index in [9.17, 15) is 0 Å². The Labute approximate surface area is 105 Å². The predicted molar refractivity (Wildman–Crippen MR) is 68.0 cm³/mol. The fourth-order valence-electron chi connectivity index (χ4n) is 1.70. The van der Waals surface area contributed by atoms with Crippen LogP contribution in [0, 0.1) is 19.3 Å². The van der Waals surface area contributed by atoms with E-state index in [4.69, 9.17) is 15.9 Å². The number of nitrogens with two attached hydrogens (primary N) is 1. The van der Waals surface area contributed by atoms with Crippen molar-refractivity contribution in [2.45, 2.75) is 13.8 Å². The van der Waals surface area contributed by atoms with Crippen molar-refractivity contribution in [1.82, 2.24) is 14.8 Å². The molecule has 2 rings (SSSR count). The number of hydrogen-bond acceptors (Lipinski definition) is 4. The van der Waals surface area contributed by atoms with Gasteiger partial charge in [-0.25, -0.2) is 0 Å². The van der Waals surface area contributed by atoms with E-state index in [1.165, 1.54) is 0 Å². The number of pyridine rings is 1. The molecule has 18 heavy (non-hydrogen) atoms. The van der Waals surface area contributed by atoms with E-state index >= 15 is 0 Å². The van der Waals surface area contributed by atoms with Crippen LogP contribution in [0.25, 0.3) is 0 Å². The molecule has 0 radical (unpaired) electrons. The Bertz CT molecular complexity index is 603. The fourth-order valence-corrected chi connectivity index (χ4v) is 1.70. The lowest BCUT2D eigenvalue weighted by Gasteiger charge is -2.09. The second-order valence-electron chi connectivity index (χ2n) is 4.01.